The molecule has 1 aromatic heterocycles. The zero-order valence-corrected chi connectivity index (χ0v) is 14.9. The van der Waals surface area contributed by atoms with Gasteiger partial charge in [-0.2, -0.15) is 0 Å². The molecule has 27 heavy (non-hydrogen) atoms. The van der Waals surface area contributed by atoms with Crippen LogP contribution in [-0.2, 0) is 4.79 Å². The van der Waals surface area contributed by atoms with E-state index < -0.39 is 4.92 Å². The number of nitro groups is 1. The van der Waals surface area contributed by atoms with Gasteiger partial charge < -0.3 is 15.5 Å². The first kappa shape index (κ1) is 18.6. The summed E-state index contributed by atoms with van der Waals surface area (Å²) in [6, 6.07) is 6.46. The maximum absolute atomic E-state index is 12.3. The number of hydrogen-bond acceptors (Lipinski definition) is 7. The molecule has 1 saturated heterocycles. The molecule has 0 spiro atoms. The number of nitro benzene ring substituents is 1. The Kier molecular flexibility index (Phi) is 6.14. The summed E-state index contributed by atoms with van der Waals surface area (Å²) in [6.45, 7) is 2.38. The molecule has 0 radical (unpaired) electrons. The van der Waals surface area contributed by atoms with Gasteiger partial charge in [-0.1, -0.05) is 12.1 Å². The summed E-state index contributed by atoms with van der Waals surface area (Å²) in [4.78, 5) is 33.4. The van der Waals surface area contributed by atoms with E-state index >= 15 is 0 Å². The second-order valence-electron chi connectivity index (χ2n) is 6.32. The van der Waals surface area contributed by atoms with E-state index in [9.17, 15) is 14.9 Å². The smallest absolute Gasteiger partial charge is 0.292 e. The molecule has 1 aliphatic rings. The number of amides is 1. The summed E-state index contributed by atoms with van der Waals surface area (Å²) < 4.78 is 0. The van der Waals surface area contributed by atoms with Gasteiger partial charge in [0.15, 0.2) is 0 Å². The molecule has 0 unspecified atom stereocenters. The normalized spacial score (nSPS) is 14.6. The molecule has 142 valence electrons. The molecule has 9 heteroatoms. The third kappa shape index (κ3) is 4.90. The van der Waals surface area contributed by atoms with Gasteiger partial charge in [0.05, 0.1) is 11.1 Å². The highest BCUT2D eigenvalue weighted by Crippen LogP contribution is 2.23. The third-order valence-electron chi connectivity index (χ3n) is 4.58. The summed E-state index contributed by atoms with van der Waals surface area (Å²) in [5.41, 5.74) is 0.481. The van der Waals surface area contributed by atoms with E-state index in [2.05, 4.69) is 25.5 Å². The molecule has 9 nitrogen and oxygen atoms in total. The molecule has 0 saturated carbocycles. The zero-order chi connectivity index (χ0) is 19.1. The minimum Gasteiger partial charge on any atom is -0.378 e. The lowest BCUT2D eigenvalue weighted by atomic mass is 9.96. The van der Waals surface area contributed by atoms with Crippen molar-refractivity contribution in [1.82, 2.24) is 15.3 Å². The molecule has 1 aromatic carbocycles. The molecule has 1 amide bonds. The van der Waals surface area contributed by atoms with Crippen LogP contribution in [0.15, 0.2) is 42.9 Å². The average molecular weight is 370 g/mol. The van der Waals surface area contributed by atoms with Crippen molar-refractivity contribution in [2.75, 3.05) is 36.4 Å². The molecule has 3 rings (SSSR count). The highest BCUT2D eigenvalue weighted by atomic mass is 16.6. The van der Waals surface area contributed by atoms with Gasteiger partial charge in [0, 0.05) is 50.6 Å². The van der Waals surface area contributed by atoms with Crippen molar-refractivity contribution < 1.29 is 9.72 Å². The van der Waals surface area contributed by atoms with Crippen LogP contribution in [0.25, 0.3) is 0 Å². The molecule has 0 atom stereocenters. The number of carbonyl (C=O) groups is 1. The fraction of sp³-hybridized carbons (Fsp3) is 0.389. The van der Waals surface area contributed by atoms with E-state index in [4.69, 9.17) is 0 Å². The molecule has 1 fully saturated rings. The fourth-order valence-corrected chi connectivity index (χ4v) is 3.13. The van der Waals surface area contributed by atoms with Crippen LogP contribution in [0.2, 0.25) is 0 Å². The lowest BCUT2D eigenvalue weighted by molar-refractivity contribution is -0.384. The fourth-order valence-electron chi connectivity index (χ4n) is 3.13. The van der Waals surface area contributed by atoms with Crippen LogP contribution >= 0.6 is 0 Å². The van der Waals surface area contributed by atoms with Crippen LogP contribution in [0.3, 0.4) is 0 Å². The number of hydrogen-bond donors (Lipinski definition) is 2. The summed E-state index contributed by atoms with van der Waals surface area (Å²) in [7, 11) is 0. The van der Waals surface area contributed by atoms with E-state index in [1.54, 1.807) is 36.8 Å². The quantitative estimate of drug-likeness (QED) is 0.434. The SMILES string of the molecule is O=C(NCCNc1ccccc1[N+](=O)[O-])C1CCN(c2cnccn2)CC1. The second-order valence-corrected chi connectivity index (χ2v) is 6.32. The Morgan fingerprint density at radius 1 is 1.22 bits per heavy atom. The predicted octanol–water partition coefficient (Wildman–Crippen LogP) is 1.83. The molecular formula is C18H22N6O3. The Morgan fingerprint density at radius 2 is 2.00 bits per heavy atom. The summed E-state index contributed by atoms with van der Waals surface area (Å²) in [5, 5.41) is 16.9. The predicted molar refractivity (Wildman–Crippen MR) is 102 cm³/mol. The number of rotatable bonds is 7. The number of piperidine rings is 1. The molecule has 0 aliphatic carbocycles. The Morgan fingerprint density at radius 3 is 2.70 bits per heavy atom. The van der Waals surface area contributed by atoms with Gasteiger partial charge in [-0.3, -0.25) is 19.9 Å². The number of nitrogens with zero attached hydrogens (tertiary/aromatic N) is 4. The Hall–Kier alpha value is -3.23. The molecule has 2 heterocycles. The first-order chi connectivity index (χ1) is 13.1. The lowest BCUT2D eigenvalue weighted by Crippen LogP contribution is -2.41. The average Bonchev–Trinajstić information content (AvgIpc) is 2.72. The summed E-state index contributed by atoms with van der Waals surface area (Å²) >= 11 is 0. The van der Waals surface area contributed by atoms with Gasteiger partial charge in [0.2, 0.25) is 5.91 Å². The van der Waals surface area contributed by atoms with E-state index in [0.29, 0.717) is 18.8 Å². The first-order valence-corrected chi connectivity index (χ1v) is 8.91. The largest absolute Gasteiger partial charge is 0.378 e. The van der Waals surface area contributed by atoms with Crippen molar-refractivity contribution in [1.29, 1.82) is 0 Å². The summed E-state index contributed by atoms with van der Waals surface area (Å²) in [6.07, 6.45) is 6.56. The van der Waals surface area contributed by atoms with Crippen molar-refractivity contribution >= 4 is 23.1 Å². The Balaban J connectivity index is 1.40. The molecule has 0 bridgehead atoms. The van der Waals surface area contributed by atoms with Crippen LogP contribution in [0.1, 0.15) is 12.8 Å². The van der Waals surface area contributed by atoms with Crippen molar-refractivity contribution in [3.63, 3.8) is 0 Å². The second kappa shape index (κ2) is 8.93. The van der Waals surface area contributed by atoms with Crippen LogP contribution in [0, 0.1) is 16.0 Å². The van der Waals surface area contributed by atoms with Gasteiger partial charge >= 0.3 is 0 Å². The first-order valence-electron chi connectivity index (χ1n) is 8.91. The summed E-state index contributed by atoms with van der Waals surface area (Å²) in [5.74, 6) is 0.840. The standard InChI is InChI=1S/C18H22N6O3/c25-18(14-5-11-23(12-6-14)17-13-19-7-8-21-17)22-10-9-20-15-3-1-2-4-16(15)24(26)27/h1-4,7-8,13-14,20H,5-6,9-12H2,(H,22,25). The monoisotopic (exact) mass is 370 g/mol. The molecule has 1 aliphatic heterocycles. The van der Waals surface area contributed by atoms with E-state index in [1.807, 2.05) is 0 Å². The van der Waals surface area contributed by atoms with Gasteiger partial charge in [0.1, 0.15) is 11.5 Å². The van der Waals surface area contributed by atoms with Gasteiger partial charge in [0.25, 0.3) is 5.69 Å². The highest BCUT2D eigenvalue weighted by molar-refractivity contribution is 5.79. The maximum atomic E-state index is 12.3. The van der Waals surface area contributed by atoms with Crippen LogP contribution in [-0.4, -0.2) is 47.0 Å². The number of nitrogens with one attached hydrogen (secondary N) is 2. The highest BCUT2D eigenvalue weighted by Gasteiger charge is 2.25. The van der Waals surface area contributed by atoms with Gasteiger partial charge in [-0.05, 0) is 18.9 Å². The molecular weight excluding hydrogens is 348 g/mol. The van der Waals surface area contributed by atoms with Crippen LogP contribution in [0.5, 0.6) is 0 Å². The van der Waals surface area contributed by atoms with Crippen molar-refractivity contribution in [2.45, 2.75) is 12.8 Å². The van der Waals surface area contributed by atoms with Gasteiger partial charge in [-0.15, -0.1) is 0 Å². The van der Waals surface area contributed by atoms with E-state index in [0.717, 1.165) is 31.7 Å². The van der Waals surface area contributed by atoms with Crippen LogP contribution in [0.4, 0.5) is 17.2 Å². The number of para-hydroxylation sites is 2. The zero-order valence-electron chi connectivity index (χ0n) is 14.9. The van der Waals surface area contributed by atoms with Crippen LogP contribution < -0.4 is 15.5 Å². The van der Waals surface area contributed by atoms with Crippen molar-refractivity contribution in [2.24, 2.45) is 5.92 Å². The topological polar surface area (TPSA) is 113 Å². The molecule has 2 aromatic rings. The minimum atomic E-state index is -0.425. The number of benzene rings is 1. The van der Waals surface area contributed by atoms with Crippen molar-refractivity contribution in [3.8, 4) is 0 Å². The number of carbonyl (C=O) groups excluding carboxylic acids is 1. The minimum absolute atomic E-state index is 0.0241. The third-order valence-corrected chi connectivity index (χ3v) is 4.58. The number of anilines is 2. The number of aromatic nitrogens is 2. The van der Waals surface area contributed by atoms with Gasteiger partial charge in [-0.25, -0.2) is 4.98 Å². The Bertz CT molecular complexity index is 778. The lowest BCUT2D eigenvalue weighted by Gasteiger charge is -2.31. The van der Waals surface area contributed by atoms with E-state index in [-0.39, 0.29) is 17.5 Å². The molecule has 2 N–H and O–H groups in total. The maximum Gasteiger partial charge on any atom is 0.292 e. The van der Waals surface area contributed by atoms with Crippen molar-refractivity contribution in [3.05, 3.63) is 53.0 Å². The van der Waals surface area contributed by atoms with E-state index in [1.165, 1.54) is 6.07 Å². The Labute approximate surface area is 157 Å².